The van der Waals surface area contributed by atoms with E-state index in [1.165, 1.54) is 28.8 Å². The fraction of sp³-hybridized carbons (Fsp3) is 0.200. The summed E-state index contributed by atoms with van der Waals surface area (Å²) >= 11 is 1.06. The molecule has 0 spiro atoms. The molecule has 0 aliphatic carbocycles. The van der Waals surface area contributed by atoms with Gasteiger partial charge in [0.1, 0.15) is 5.75 Å². The van der Waals surface area contributed by atoms with Gasteiger partial charge < -0.3 is 10.1 Å². The number of thioether (sulfide) groups is 1. The lowest BCUT2D eigenvalue weighted by atomic mass is 10.2. The number of fused-ring (bicyclic) bond motifs is 1. The maximum absolute atomic E-state index is 13.1. The number of benzene rings is 2. The lowest BCUT2D eigenvalue weighted by molar-refractivity contribution is -0.118. The number of rotatable bonds is 8. The van der Waals surface area contributed by atoms with E-state index in [0.717, 1.165) is 11.8 Å². The fourth-order valence-electron chi connectivity index (χ4n) is 2.65. The van der Waals surface area contributed by atoms with Gasteiger partial charge in [-0.15, -0.1) is 0 Å². The van der Waals surface area contributed by atoms with Crippen LogP contribution in [0, 0.1) is 11.3 Å². The van der Waals surface area contributed by atoms with Crippen LogP contribution in [0.3, 0.4) is 0 Å². The number of alkyl halides is 2. The minimum Gasteiger partial charge on any atom is -0.435 e. The van der Waals surface area contributed by atoms with E-state index in [0.29, 0.717) is 16.6 Å². The molecule has 3 aromatic rings. The Hall–Kier alpha value is -3.45. The van der Waals surface area contributed by atoms with Crippen LogP contribution < -0.4 is 15.6 Å². The van der Waals surface area contributed by atoms with Crippen molar-refractivity contribution in [3.63, 3.8) is 0 Å². The van der Waals surface area contributed by atoms with E-state index in [4.69, 9.17) is 5.26 Å². The molecular weight excluding hydrogens is 414 g/mol. The van der Waals surface area contributed by atoms with Gasteiger partial charge in [-0.05, 0) is 36.4 Å². The number of ether oxygens (including phenoxy) is 1. The Morgan fingerprint density at radius 1 is 1.23 bits per heavy atom. The Balaban J connectivity index is 1.96. The van der Waals surface area contributed by atoms with Gasteiger partial charge >= 0.3 is 6.61 Å². The first-order chi connectivity index (χ1) is 14.5. The maximum Gasteiger partial charge on any atom is 0.387 e. The zero-order chi connectivity index (χ0) is 21.5. The summed E-state index contributed by atoms with van der Waals surface area (Å²) in [5.74, 6) is -0.352. The second-order valence-corrected chi connectivity index (χ2v) is 6.91. The average Bonchev–Trinajstić information content (AvgIpc) is 2.73. The standard InChI is InChI=1S/C20H16F2N4O3S/c21-19(22)29-14-8-6-13(7-9-14)26-18(28)15-4-1-2-5-16(15)25-20(26)30-12-17(27)24-11-3-10-23/h1-2,4-9,19H,3,11-12H2,(H,24,27). The number of nitrogens with zero attached hydrogens (tertiary/aromatic N) is 3. The van der Waals surface area contributed by atoms with Crippen LogP contribution in [0.5, 0.6) is 5.75 Å². The molecule has 1 N–H and O–H groups in total. The zero-order valence-corrected chi connectivity index (χ0v) is 16.4. The number of carbonyl (C=O) groups excluding carboxylic acids is 1. The highest BCUT2D eigenvalue weighted by Crippen LogP contribution is 2.23. The predicted molar refractivity (Wildman–Crippen MR) is 108 cm³/mol. The highest BCUT2D eigenvalue weighted by Gasteiger charge is 2.15. The van der Waals surface area contributed by atoms with Crippen molar-refractivity contribution in [1.29, 1.82) is 5.26 Å². The van der Waals surface area contributed by atoms with E-state index in [-0.39, 0.29) is 41.1 Å². The molecule has 3 rings (SSSR count). The van der Waals surface area contributed by atoms with Crippen LogP contribution in [-0.2, 0) is 4.79 Å². The molecule has 1 aromatic heterocycles. The van der Waals surface area contributed by atoms with Crippen molar-refractivity contribution in [3.05, 3.63) is 58.9 Å². The molecule has 154 valence electrons. The highest BCUT2D eigenvalue weighted by atomic mass is 32.2. The molecule has 0 atom stereocenters. The Morgan fingerprint density at radius 2 is 1.97 bits per heavy atom. The smallest absolute Gasteiger partial charge is 0.387 e. The Morgan fingerprint density at radius 3 is 2.67 bits per heavy atom. The van der Waals surface area contributed by atoms with Gasteiger partial charge in [-0.3, -0.25) is 14.2 Å². The number of hydrogen-bond donors (Lipinski definition) is 1. The number of aromatic nitrogens is 2. The van der Waals surface area contributed by atoms with Crippen LogP contribution in [0.2, 0.25) is 0 Å². The second kappa shape index (κ2) is 9.84. The van der Waals surface area contributed by atoms with Crippen LogP contribution in [0.4, 0.5) is 8.78 Å². The Bertz CT molecular complexity index is 1140. The van der Waals surface area contributed by atoms with Crippen LogP contribution in [0.25, 0.3) is 16.6 Å². The molecule has 0 bridgehead atoms. The quantitative estimate of drug-likeness (QED) is 0.335. The first-order valence-corrected chi connectivity index (χ1v) is 9.81. The largest absolute Gasteiger partial charge is 0.435 e. The van der Waals surface area contributed by atoms with Gasteiger partial charge in [0.25, 0.3) is 5.56 Å². The van der Waals surface area contributed by atoms with Gasteiger partial charge in [-0.1, -0.05) is 23.9 Å². The van der Waals surface area contributed by atoms with Gasteiger partial charge in [0.15, 0.2) is 5.16 Å². The van der Waals surface area contributed by atoms with Gasteiger partial charge in [-0.2, -0.15) is 14.0 Å². The number of halogens is 2. The van der Waals surface area contributed by atoms with Crippen molar-refractivity contribution in [2.75, 3.05) is 12.3 Å². The number of para-hydroxylation sites is 1. The summed E-state index contributed by atoms with van der Waals surface area (Å²) in [6.45, 7) is -2.72. The molecule has 30 heavy (non-hydrogen) atoms. The molecule has 0 aliphatic heterocycles. The average molecular weight is 430 g/mol. The normalized spacial score (nSPS) is 10.7. The topological polar surface area (TPSA) is 97.0 Å². The molecule has 0 saturated carbocycles. The number of nitriles is 1. The van der Waals surface area contributed by atoms with E-state index in [1.807, 2.05) is 6.07 Å². The molecule has 2 aromatic carbocycles. The van der Waals surface area contributed by atoms with Crippen LogP contribution in [0.15, 0.2) is 58.5 Å². The monoisotopic (exact) mass is 430 g/mol. The lowest BCUT2D eigenvalue weighted by Crippen LogP contribution is -2.27. The molecular formula is C20H16F2N4O3S. The minimum absolute atomic E-state index is 0.0111. The first-order valence-electron chi connectivity index (χ1n) is 8.83. The van der Waals surface area contributed by atoms with E-state index in [9.17, 15) is 18.4 Å². The zero-order valence-electron chi connectivity index (χ0n) is 15.5. The molecule has 0 aliphatic rings. The molecule has 1 amide bonds. The van der Waals surface area contributed by atoms with E-state index in [1.54, 1.807) is 24.3 Å². The summed E-state index contributed by atoms with van der Waals surface area (Å²) in [6, 6.07) is 14.3. The minimum atomic E-state index is -2.95. The number of carbonyl (C=O) groups is 1. The molecule has 7 nitrogen and oxygen atoms in total. The fourth-order valence-corrected chi connectivity index (χ4v) is 3.50. The van der Waals surface area contributed by atoms with Crippen molar-refractivity contribution in [2.24, 2.45) is 0 Å². The van der Waals surface area contributed by atoms with Gasteiger partial charge in [0.2, 0.25) is 5.91 Å². The first kappa shape index (κ1) is 21.3. The maximum atomic E-state index is 13.1. The van der Waals surface area contributed by atoms with Gasteiger partial charge in [0, 0.05) is 6.54 Å². The van der Waals surface area contributed by atoms with Crippen molar-refractivity contribution in [2.45, 2.75) is 18.2 Å². The summed E-state index contributed by atoms with van der Waals surface area (Å²) in [5, 5.41) is 11.8. The van der Waals surface area contributed by atoms with Gasteiger partial charge in [0.05, 0.1) is 34.8 Å². The van der Waals surface area contributed by atoms with Crippen molar-refractivity contribution in [3.8, 4) is 17.5 Å². The SMILES string of the molecule is N#CCCNC(=O)CSc1nc2ccccc2c(=O)n1-c1ccc(OC(F)F)cc1. The molecule has 1 heterocycles. The van der Waals surface area contributed by atoms with E-state index < -0.39 is 6.61 Å². The van der Waals surface area contributed by atoms with Crippen LogP contribution in [-0.4, -0.2) is 34.4 Å². The van der Waals surface area contributed by atoms with Crippen LogP contribution in [0.1, 0.15) is 6.42 Å². The Labute approximate surface area is 174 Å². The number of amides is 1. The van der Waals surface area contributed by atoms with Crippen molar-refractivity contribution >= 4 is 28.6 Å². The molecule has 0 unspecified atom stereocenters. The highest BCUT2D eigenvalue weighted by molar-refractivity contribution is 7.99. The van der Waals surface area contributed by atoms with Crippen LogP contribution >= 0.6 is 11.8 Å². The lowest BCUT2D eigenvalue weighted by Gasteiger charge is -2.14. The molecule has 10 heteroatoms. The summed E-state index contributed by atoms with van der Waals surface area (Å²) in [5.41, 5.74) is 0.520. The predicted octanol–water partition coefficient (Wildman–Crippen LogP) is 3.11. The number of hydrogen-bond acceptors (Lipinski definition) is 6. The third-order valence-electron chi connectivity index (χ3n) is 3.96. The van der Waals surface area contributed by atoms with Crippen molar-refractivity contribution < 1.29 is 18.3 Å². The van der Waals surface area contributed by atoms with Gasteiger partial charge in [-0.25, -0.2) is 4.98 Å². The number of nitrogens with one attached hydrogen (secondary N) is 1. The van der Waals surface area contributed by atoms with E-state index >= 15 is 0 Å². The summed E-state index contributed by atoms with van der Waals surface area (Å²) in [4.78, 5) is 29.6. The second-order valence-electron chi connectivity index (χ2n) is 5.97. The summed E-state index contributed by atoms with van der Waals surface area (Å²) in [6.07, 6.45) is 0.197. The summed E-state index contributed by atoms with van der Waals surface area (Å²) in [7, 11) is 0. The molecule has 0 fully saturated rings. The third kappa shape index (κ3) is 5.12. The third-order valence-corrected chi connectivity index (χ3v) is 4.89. The summed E-state index contributed by atoms with van der Waals surface area (Å²) < 4.78 is 30.4. The van der Waals surface area contributed by atoms with Crippen molar-refractivity contribution in [1.82, 2.24) is 14.9 Å². The molecule has 0 radical (unpaired) electrons. The van der Waals surface area contributed by atoms with E-state index in [2.05, 4.69) is 15.0 Å². The molecule has 0 saturated heterocycles. The Kier molecular flexibility index (Phi) is 6.98.